The average molecular weight is 476 g/mol. The Balaban J connectivity index is 1.51. The Hall–Kier alpha value is -3.39. The number of amides is 2. The van der Waals surface area contributed by atoms with E-state index in [1.807, 2.05) is 0 Å². The van der Waals surface area contributed by atoms with E-state index < -0.39 is 35.2 Å². The van der Waals surface area contributed by atoms with Gasteiger partial charge in [0.1, 0.15) is 17.1 Å². The molecule has 1 fully saturated rings. The zero-order valence-corrected chi connectivity index (χ0v) is 18.1. The molecule has 2 aromatic rings. The number of carboxylic acid groups (broad SMARTS) is 2. The Morgan fingerprint density at radius 3 is 2.56 bits per heavy atom. The molecular weight excluding hydrogens is 460 g/mol. The van der Waals surface area contributed by atoms with Gasteiger partial charge in [-0.1, -0.05) is 23.9 Å². The number of β-lactam (4-membered cyclic amide) rings is 1. The lowest BCUT2D eigenvalue weighted by Gasteiger charge is -2.49. The van der Waals surface area contributed by atoms with Crippen LogP contribution in [0.5, 0.6) is 0 Å². The highest BCUT2D eigenvalue weighted by Crippen LogP contribution is 2.41. The minimum atomic E-state index is -1.26. The zero-order chi connectivity index (χ0) is 23.0. The molecule has 0 saturated carbocycles. The Morgan fingerprint density at radius 1 is 1.22 bits per heavy atom. The van der Waals surface area contributed by atoms with Gasteiger partial charge in [0, 0.05) is 18.6 Å². The van der Waals surface area contributed by atoms with Crippen LogP contribution in [0.15, 0.2) is 40.7 Å². The molecule has 12 nitrogen and oxygen atoms in total. The van der Waals surface area contributed by atoms with Crippen molar-refractivity contribution in [2.24, 2.45) is 7.05 Å². The number of aromatic carboxylic acids is 1. The maximum atomic E-state index is 12.8. The molecule has 1 saturated heterocycles. The minimum Gasteiger partial charge on any atom is -0.478 e. The number of carbonyl (C=O) groups is 4. The van der Waals surface area contributed by atoms with Gasteiger partial charge in [0.05, 0.1) is 11.1 Å². The molecular formula is C18H16N6O6S2. The maximum absolute atomic E-state index is 12.8. The first-order chi connectivity index (χ1) is 15.3. The largest absolute Gasteiger partial charge is 0.478 e. The molecule has 1 aromatic heterocycles. The SMILES string of the molecule is Cn1nnnc1SCC1=C(C(=O)O)N2C(=O)C(NC(=O)c3ccccc3C(=O)O)[C@H]2SC1. The van der Waals surface area contributed by atoms with E-state index in [0.717, 1.165) is 4.90 Å². The van der Waals surface area contributed by atoms with Gasteiger partial charge < -0.3 is 15.5 Å². The van der Waals surface area contributed by atoms with E-state index in [1.165, 1.54) is 52.5 Å². The first-order valence-electron chi connectivity index (χ1n) is 9.18. The molecule has 32 heavy (non-hydrogen) atoms. The molecule has 2 atom stereocenters. The van der Waals surface area contributed by atoms with E-state index in [1.54, 1.807) is 7.05 Å². The van der Waals surface area contributed by atoms with Crippen molar-refractivity contribution in [2.75, 3.05) is 11.5 Å². The molecule has 0 spiro atoms. The highest BCUT2D eigenvalue weighted by Gasteiger charge is 2.54. The highest BCUT2D eigenvalue weighted by atomic mass is 32.2. The highest BCUT2D eigenvalue weighted by molar-refractivity contribution is 8.01. The Morgan fingerprint density at radius 2 is 1.94 bits per heavy atom. The number of benzene rings is 1. The van der Waals surface area contributed by atoms with Crippen LogP contribution in [0.2, 0.25) is 0 Å². The normalized spacial score (nSPS) is 19.9. The van der Waals surface area contributed by atoms with Crippen LogP contribution >= 0.6 is 23.5 Å². The van der Waals surface area contributed by atoms with Crippen LogP contribution < -0.4 is 5.32 Å². The van der Waals surface area contributed by atoms with Crippen LogP contribution in [0, 0.1) is 0 Å². The topological polar surface area (TPSA) is 168 Å². The lowest BCUT2D eigenvalue weighted by Crippen LogP contribution is -2.70. The fourth-order valence-corrected chi connectivity index (χ4v) is 5.71. The molecule has 3 heterocycles. The van der Waals surface area contributed by atoms with Crippen LogP contribution in [-0.2, 0) is 16.6 Å². The van der Waals surface area contributed by atoms with Gasteiger partial charge in [-0.25, -0.2) is 14.3 Å². The molecule has 14 heteroatoms. The first-order valence-corrected chi connectivity index (χ1v) is 11.2. The number of carboxylic acids is 2. The van der Waals surface area contributed by atoms with Crippen molar-refractivity contribution in [1.29, 1.82) is 0 Å². The second kappa shape index (κ2) is 8.63. The van der Waals surface area contributed by atoms with Crippen LogP contribution in [0.1, 0.15) is 20.7 Å². The third-order valence-electron chi connectivity index (χ3n) is 4.90. The minimum absolute atomic E-state index is 0.0737. The van der Waals surface area contributed by atoms with E-state index in [9.17, 15) is 29.4 Å². The summed E-state index contributed by atoms with van der Waals surface area (Å²) >= 11 is 2.58. The summed E-state index contributed by atoms with van der Waals surface area (Å²) < 4.78 is 1.46. The number of tetrazole rings is 1. The number of thioether (sulfide) groups is 2. The second-order valence-corrected chi connectivity index (χ2v) is 8.89. The van der Waals surface area contributed by atoms with Crippen molar-refractivity contribution in [1.82, 2.24) is 30.4 Å². The predicted octanol–water partition coefficient (Wildman–Crippen LogP) is 0.0528. The van der Waals surface area contributed by atoms with Crippen molar-refractivity contribution in [3.8, 4) is 0 Å². The summed E-state index contributed by atoms with van der Waals surface area (Å²) in [6.45, 7) is 0. The molecule has 1 aromatic carbocycles. The van der Waals surface area contributed by atoms with Gasteiger partial charge in [0.2, 0.25) is 5.16 Å². The number of fused-ring (bicyclic) bond motifs is 1. The number of aromatic nitrogens is 4. The third-order valence-corrected chi connectivity index (χ3v) is 7.33. The van der Waals surface area contributed by atoms with E-state index in [0.29, 0.717) is 16.5 Å². The number of hydrogen-bond acceptors (Lipinski definition) is 9. The van der Waals surface area contributed by atoms with Crippen LogP contribution in [0.4, 0.5) is 0 Å². The molecule has 2 aliphatic heterocycles. The molecule has 166 valence electrons. The number of carbonyl (C=O) groups excluding carboxylic acids is 2. The third kappa shape index (κ3) is 3.82. The predicted molar refractivity (Wildman–Crippen MR) is 112 cm³/mol. The monoisotopic (exact) mass is 476 g/mol. The van der Waals surface area contributed by atoms with Gasteiger partial charge in [-0.05, 0) is 28.1 Å². The van der Waals surface area contributed by atoms with Gasteiger partial charge in [-0.3, -0.25) is 14.5 Å². The Kier molecular flexibility index (Phi) is 5.88. The smallest absolute Gasteiger partial charge is 0.352 e. The lowest BCUT2D eigenvalue weighted by atomic mass is 10.0. The van der Waals surface area contributed by atoms with Gasteiger partial charge in [0.25, 0.3) is 11.8 Å². The van der Waals surface area contributed by atoms with E-state index in [4.69, 9.17) is 0 Å². The summed E-state index contributed by atoms with van der Waals surface area (Å²) in [4.78, 5) is 49.9. The summed E-state index contributed by atoms with van der Waals surface area (Å²) in [5.74, 6) is -3.16. The van der Waals surface area contributed by atoms with Gasteiger partial charge in [-0.2, -0.15) is 0 Å². The first kappa shape index (κ1) is 21.8. The number of aliphatic carboxylic acids is 1. The fraction of sp³-hybridized carbons (Fsp3) is 0.278. The van der Waals surface area contributed by atoms with Crippen LogP contribution in [0.3, 0.4) is 0 Å². The number of nitrogens with zero attached hydrogens (tertiary/aromatic N) is 5. The Bertz CT molecular complexity index is 1160. The number of nitrogens with one attached hydrogen (secondary N) is 1. The summed E-state index contributed by atoms with van der Waals surface area (Å²) in [6, 6.07) is 4.71. The Labute approximate surface area is 189 Å². The van der Waals surface area contributed by atoms with Crippen molar-refractivity contribution in [2.45, 2.75) is 16.6 Å². The van der Waals surface area contributed by atoms with Gasteiger partial charge in [0.15, 0.2) is 0 Å². The zero-order valence-electron chi connectivity index (χ0n) is 16.5. The quantitative estimate of drug-likeness (QED) is 0.365. The van der Waals surface area contributed by atoms with Gasteiger partial charge in [-0.15, -0.1) is 16.9 Å². The van der Waals surface area contributed by atoms with E-state index >= 15 is 0 Å². The molecule has 2 aliphatic rings. The van der Waals surface area contributed by atoms with Crippen molar-refractivity contribution in [3.05, 3.63) is 46.7 Å². The second-order valence-electron chi connectivity index (χ2n) is 6.84. The molecule has 0 bridgehead atoms. The van der Waals surface area contributed by atoms with Crippen molar-refractivity contribution in [3.63, 3.8) is 0 Å². The van der Waals surface area contributed by atoms with Crippen molar-refractivity contribution >= 4 is 47.3 Å². The molecule has 2 amide bonds. The van der Waals surface area contributed by atoms with E-state index in [2.05, 4.69) is 20.8 Å². The average Bonchev–Trinajstić information content (AvgIpc) is 3.19. The molecule has 1 unspecified atom stereocenters. The number of rotatable bonds is 7. The lowest BCUT2D eigenvalue weighted by molar-refractivity contribution is -0.148. The number of aryl methyl sites for hydroxylation is 1. The number of hydrogen-bond donors (Lipinski definition) is 3. The van der Waals surface area contributed by atoms with Crippen LogP contribution in [0.25, 0.3) is 0 Å². The van der Waals surface area contributed by atoms with Crippen LogP contribution in [-0.4, -0.2) is 82.0 Å². The molecule has 3 N–H and O–H groups in total. The van der Waals surface area contributed by atoms with Gasteiger partial charge >= 0.3 is 11.9 Å². The summed E-state index contributed by atoms with van der Waals surface area (Å²) in [6.07, 6.45) is 0. The summed E-state index contributed by atoms with van der Waals surface area (Å²) in [5.41, 5.74) is 0.169. The summed E-state index contributed by atoms with van der Waals surface area (Å²) in [5, 5.41) is 32.6. The molecule has 0 aliphatic carbocycles. The standard InChI is InChI=1S/C18H16N6O6S2/c1-23-18(20-21-22-23)32-7-8-6-31-15-11(14(26)24(15)12(8)17(29)30)19-13(25)9-4-2-3-5-10(9)16(27)28/h2-5,11,15H,6-7H2,1H3,(H,19,25)(H,27,28)(H,29,30)/t11?,15-/m1/s1. The molecule has 0 radical (unpaired) electrons. The fourth-order valence-electron chi connectivity index (χ4n) is 3.38. The molecule has 4 rings (SSSR count). The van der Waals surface area contributed by atoms with E-state index in [-0.39, 0.29) is 22.6 Å². The van der Waals surface area contributed by atoms with Crippen molar-refractivity contribution < 1.29 is 29.4 Å². The maximum Gasteiger partial charge on any atom is 0.352 e. The summed E-state index contributed by atoms with van der Waals surface area (Å²) in [7, 11) is 1.66.